The van der Waals surface area contributed by atoms with E-state index >= 15 is 0 Å². The van der Waals surface area contributed by atoms with Crippen LogP contribution in [0.4, 0.5) is 17.6 Å². The van der Waals surface area contributed by atoms with Gasteiger partial charge in [-0.2, -0.15) is 13.2 Å². The molecule has 1 aliphatic carbocycles. The predicted molar refractivity (Wildman–Crippen MR) is 67.3 cm³/mol. The molecule has 0 aromatic heterocycles. The molecule has 1 N–H and O–H groups in total. The number of rotatable bonds is 4. The van der Waals surface area contributed by atoms with Crippen molar-refractivity contribution >= 4 is 5.91 Å². The molecule has 0 unspecified atom stereocenters. The number of amides is 1. The van der Waals surface area contributed by atoms with Crippen LogP contribution in [-0.4, -0.2) is 25.2 Å². The predicted octanol–water partition coefficient (Wildman–Crippen LogP) is 3.14. The third kappa shape index (κ3) is 3.18. The van der Waals surface area contributed by atoms with Gasteiger partial charge in [0, 0.05) is 13.7 Å². The van der Waals surface area contributed by atoms with Gasteiger partial charge in [-0.1, -0.05) is 6.07 Å². The standard InChI is InChI=1S/C14H15F4NO2/c1-21-13(6-3-7-13)8-19-12(20)9-4-2-5-10(11(9)15)14(16,17)18/h2,4-5H,3,6-8H2,1H3,(H,19,20). The smallest absolute Gasteiger partial charge is 0.376 e. The van der Waals surface area contributed by atoms with E-state index in [1.54, 1.807) is 0 Å². The molecule has 1 amide bonds. The molecule has 1 aliphatic rings. The Kier molecular flexibility index (Phi) is 4.22. The highest BCUT2D eigenvalue weighted by Gasteiger charge is 2.38. The van der Waals surface area contributed by atoms with Gasteiger partial charge in [-0.3, -0.25) is 4.79 Å². The molecule has 1 aromatic carbocycles. The zero-order valence-corrected chi connectivity index (χ0v) is 11.4. The Balaban J connectivity index is 2.13. The lowest BCUT2D eigenvalue weighted by Gasteiger charge is -2.40. The molecule has 0 spiro atoms. The first-order valence-electron chi connectivity index (χ1n) is 6.48. The summed E-state index contributed by atoms with van der Waals surface area (Å²) in [6.07, 6.45) is -2.35. The number of ether oxygens (including phenoxy) is 1. The number of alkyl halides is 3. The normalized spacial score (nSPS) is 17.2. The lowest BCUT2D eigenvalue weighted by atomic mass is 9.80. The van der Waals surface area contributed by atoms with Gasteiger partial charge in [0.25, 0.3) is 5.91 Å². The Labute approximate surface area is 119 Å². The molecule has 0 aliphatic heterocycles. The van der Waals surface area contributed by atoms with Crippen LogP contribution < -0.4 is 5.32 Å². The van der Waals surface area contributed by atoms with Crippen LogP contribution in [0.25, 0.3) is 0 Å². The van der Waals surface area contributed by atoms with Crippen LogP contribution in [0.1, 0.15) is 35.2 Å². The molecular weight excluding hydrogens is 290 g/mol. The Hall–Kier alpha value is -1.63. The highest BCUT2D eigenvalue weighted by Crippen LogP contribution is 2.35. The minimum absolute atomic E-state index is 0.151. The molecule has 7 heteroatoms. The minimum atomic E-state index is -4.83. The van der Waals surface area contributed by atoms with Crippen molar-refractivity contribution < 1.29 is 27.1 Å². The summed E-state index contributed by atoms with van der Waals surface area (Å²) in [5.41, 5.74) is -2.54. The molecule has 0 atom stereocenters. The van der Waals surface area contributed by atoms with Crippen molar-refractivity contribution in [1.29, 1.82) is 0 Å². The number of carbonyl (C=O) groups is 1. The Bertz CT molecular complexity index is 533. The van der Waals surface area contributed by atoms with Gasteiger partial charge in [0.05, 0.1) is 16.7 Å². The molecule has 3 nitrogen and oxygen atoms in total. The van der Waals surface area contributed by atoms with E-state index in [-0.39, 0.29) is 6.54 Å². The van der Waals surface area contributed by atoms with Gasteiger partial charge in [-0.05, 0) is 31.4 Å². The van der Waals surface area contributed by atoms with Crippen LogP contribution in [-0.2, 0) is 10.9 Å². The van der Waals surface area contributed by atoms with Gasteiger partial charge < -0.3 is 10.1 Å². The summed E-state index contributed by atoms with van der Waals surface area (Å²) in [5, 5.41) is 2.44. The van der Waals surface area contributed by atoms with Gasteiger partial charge >= 0.3 is 6.18 Å². The number of carbonyl (C=O) groups excluding carboxylic acids is 1. The zero-order valence-electron chi connectivity index (χ0n) is 11.4. The first-order valence-corrected chi connectivity index (χ1v) is 6.48. The fourth-order valence-corrected chi connectivity index (χ4v) is 2.29. The summed E-state index contributed by atoms with van der Waals surface area (Å²) >= 11 is 0. The molecule has 1 aromatic rings. The number of methoxy groups -OCH3 is 1. The largest absolute Gasteiger partial charge is 0.419 e. The van der Waals surface area contributed by atoms with E-state index in [1.807, 2.05) is 0 Å². The number of halogens is 4. The fourth-order valence-electron chi connectivity index (χ4n) is 2.29. The maximum Gasteiger partial charge on any atom is 0.419 e. The first-order chi connectivity index (χ1) is 9.79. The second kappa shape index (κ2) is 5.63. The van der Waals surface area contributed by atoms with E-state index in [2.05, 4.69) is 5.32 Å². The molecule has 2 rings (SSSR count). The van der Waals surface area contributed by atoms with Gasteiger partial charge in [-0.15, -0.1) is 0 Å². The fraction of sp³-hybridized carbons (Fsp3) is 0.500. The molecule has 0 heterocycles. The summed E-state index contributed by atoms with van der Waals surface area (Å²) in [5.74, 6) is -2.43. The maximum absolute atomic E-state index is 13.8. The van der Waals surface area contributed by atoms with E-state index in [9.17, 15) is 22.4 Å². The quantitative estimate of drug-likeness (QED) is 0.868. The van der Waals surface area contributed by atoms with Gasteiger partial charge in [-0.25, -0.2) is 4.39 Å². The van der Waals surface area contributed by atoms with Crippen molar-refractivity contribution in [2.24, 2.45) is 0 Å². The van der Waals surface area contributed by atoms with Crippen molar-refractivity contribution in [3.8, 4) is 0 Å². The third-order valence-corrected chi connectivity index (χ3v) is 3.82. The number of hydrogen-bond acceptors (Lipinski definition) is 2. The topological polar surface area (TPSA) is 38.3 Å². The Morgan fingerprint density at radius 2 is 2.05 bits per heavy atom. The zero-order chi connectivity index (χ0) is 15.7. The molecular formula is C14H15F4NO2. The summed E-state index contributed by atoms with van der Waals surface area (Å²) in [6, 6.07) is 2.64. The molecule has 0 bridgehead atoms. The molecule has 116 valence electrons. The van der Waals surface area contributed by atoms with Crippen LogP contribution in [0, 0.1) is 5.82 Å². The Morgan fingerprint density at radius 1 is 1.38 bits per heavy atom. The number of hydrogen-bond donors (Lipinski definition) is 1. The molecule has 21 heavy (non-hydrogen) atoms. The summed E-state index contributed by atoms with van der Waals surface area (Å²) < 4.78 is 56.9. The highest BCUT2D eigenvalue weighted by atomic mass is 19.4. The van der Waals surface area contributed by atoms with Crippen LogP contribution in [0.15, 0.2) is 18.2 Å². The number of benzene rings is 1. The summed E-state index contributed by atoms with van der Waals surface area (Å²) in [6.45, 7) is 0.151. The minimum Gasteiger partial charge on any atom is -0.376 e. The van der Waals surface area contributed by atoms with Crippen LogP contribution >= 0.6 is 0 Å². The highest BCUT2D eigenvalue weighted by molar-refractivity contribution is 5.94. The molecule has 0 saturated heterocycles. The lowest BCUT2D eigenvalue weighted by Crippen LogP contribution is -2.49. The van der Waals surface area contributed by atoms with Gasteiger partial charge in [0.2, 0.25) is 0 Å². The van der Waals surface area contributed by atoms with Crippen molar-refractivity contribution in [2.75, 3.05) is 13.7 Å². The van der Waals surface area contributed by atoms with Crippen molar-refractivity contribution in [3.05, 3.63) is 35.1 Å². The van der Waals surface area contributed by atoms with Crippen LogP contribution in [0.5, 0.6) is 0 Å². The first kappa shape index (κ1) is 15.8. The maximum atomic E-state index is 13.8. The third-order valence-electron chi connectivity index (χ3n) is 3.82. The van der Waals surface area contributed by atoms with Crippen LogP contribution in [0.3, 0.4) is 0 Å². The van der Waals surface area contributed by atoms with Crippen molar-refractivity contribution in [1.82, 2.24) is 5.32 Å². The van der Waals surface area contributed by atoms with E-state index in [4.69, 9.17) is 4.74 Å². The van der Waals surface area contributed by atoms with Gasteiger partial charge in [0.1, 0.15) is 5.82 Å². The van der Waals surface area contributed by atoms with E-state index in [1.165, 1.54) is 7.11 Å². The summed E-state index contributed by atoms with van der Waals surface area (Å²) in [7, 11) is 1.51. The average Bonchev–Trinajstić information content (AvgIpc) is 2.36. The average molecular weight is 305 g/mol. The summed E-state index contributed by atoms with van der Waals surface area (Å²) in [4.78, 5) is 11.9. The van der Waals surface area contributed by atoms with Crippen molar-refractivity contribution in [3.63, 3.8) is 0 Å². The second-order valence-electron chi connectivity index (χ2n) is 5.09. The monoisotopic (exact) mass is 305 g/mol. The molecule has 0 radical (unpaired) electrons. The molecule has 1 saturated carbocycles. The van der Waals surface area contributed by atoms with E-state index < -0.39 is 34.6 Å². The number of nitrogens with one attached hydrogen (secondary N) is 1. The SMILES string of the molecule is COC1(CNC(=O)c2cccc(C(F)(F)F)c2F)CCC1. The second-order valence-corrected chi connectivity index (χ2v) is 5.09. The Morgan fingerprint density at radius 3 is 2.52 bits per heavy atom. The van der Waals surface area contributed by atoms with Crippen molar-refractivity contribution in [2.45, 2.75) is 31.0 Å². The van der Waals surface area contributed by atoms with E-state index in [0.717, 1.165) is 31.4 Å². The van der Waals surface area contributed by atoms with Crippen LogP contribution in [0.2, 0.25) is 0 Å². The van der Waals surface area contributed by atoms with E-state index in [0.29, 0.717) is 6.07 Å². The lowest BCUT2D eigenvalue weighted by molar-refractivity contribution is -0.140. The van der Waals surface area contributed by atoms with Gasteiger partial charge in [0.15, 0.2) is 0 Å². The molecule has 1 fully saturated rings.